The average Bonchev–Trinajstić information content (AvgIpc) is 2.54. The second-order valence-electron chi connectivity index (χ2n) is 5.83. The summed E-state index contributed by atoms with van der Waals surface area (Å²) in [4.78, 5) is 30.4. The zero-order chi connectivity index (χ0) is 16.1. The lowest BCUT2D eigenvalue weighted by Crippen LogP contribution is -2.45. The molecule has 1 atom stereocenters. The molecule has 0 aliphatic carbocycles. The maximum absolute atomic E-state index is 12.4. The largest absolute Gasteiger partial charge is 0.480 e. The molecule has 1 saturated heterocycles. The van der Waals surface area contributed by atoms with E-state index in [1.165, 1.54) is 7.11 Å². The Bertz CT molecular complexity index is 545. The molecule has 1 aromatic heterocycles. The SMILES string of the molecule is COc1ncccc1NC(=O)C1CCCN(C(=O)C(C)C)C1. The first-order valence-electron chi connectivity index (χ1n) is 7.61. The van der Waals surface area contributed by atoms with E-state index in [2.05, 4.69) is 10.3 Å². The van der Waals surface area contributed by atoms with E-state index in [0.29, 0.717) is 18.1 Å². The number of pyridine rings is 1. The van der Waals surface area contributed by atoms with Crippen LogP contribution in [-0.2, 0) is 9.59 Å². The minimum atomic E-state index is -0.193. The van der Waals surface area contributed by atoms with Crippen LogP contribution in [0.2, 0.25) is 0 Å². The first kappa shape index (κ1) is 16.3. The highest BCUT2D eigenvalue weighted by atomic mass is 16.5. The molecule has 1 aliphatic rings. The lowest BCUT2D eigenvalue weighted by atomic mass is 9.96. The molecule has 0 aromatic carbocycles. The zero-order valence-electron chi connectivity index (χ0n) is 13.3. The van der Waals surface area contributed by atoms with Gasteiger partial charge in [0.05, 0.1) is 13.0 Å². The van der Waals surface area contributed by atoms with Crippen molar-refractivity contribution in [2.45, 2.75) is 26.7 Å². The number of piperidine rings is 1. The highest BCUT2D eigenvalue weighted by Crippen LogP contribution is 2.24. The lowest BCUT2D eigenvalue weighted by Gasteiger charge is -2.33. The van der Waals surface area contributed by atoms with Gasteiger partial charge in [-0.3, -0.25) is 9.59 Å². The number of likely N-dealkylation sites (tertiary alicyclic amines) is 1. The maximum atomic E-state index is 12.4. The van der Waals surface area contributed by atoms with E-state index < -0.39 is 0 Å². The van der Waals surface area contributed by atoms with Gasteiger partial charge in [-0.25, -0.2) is 4.98 Å². The van der Waals surface area contributed by atoms with E-state index in [4.69, 9.17) is 4.74 Å². The van der Waals surface area contributed by atoms with Crippen LogP contribution in [0, 0.1) is 11.8 Å². The summed E-state index contributed by atoms with van der Waals surface area (Å²) < 4.78 is 5.13. The molecule has 1 N–H and O–H groups in total. The standard InChI is InChI=1S/C16H23N3O3/c1-11(2)16(21)19-9-5-6-12(10-19)14(20)18-13-7-4-8-17-15(13)22-3/h4,7-8,11-12H,5-6,9-10H2,1-3H3,(H,18,20). The molecule has 1 fully saturated rings. The Labute approximate surface area is 130 Å². The van der Waals surface area contributed by atoms with E-state index in [-0.39, 0.29) is 23.7 Å². The van der Waals surface area contributed by atoms with Crippen molar-refractivity contribution in [2.24, 2.45) is 11.8 Å². The van der Waals surface area contributed by atoms with Gasteiger partial charge in [0.2, 0.25) is 17.7 Å². The molecule has 1 aromatic rings. The maximum Gasteiger partial charge on any atom is 0.237 e. The number of methoxy groups -OCH3 is 1. The minimum Gasteiger partial charge on any atom is -0.480 e. The Kier molecular flexibility index (Phi) is 5.35. The molecule has 6 nitrogen and oxygen atoms in total. The van der Waals surface area contributed by atoms with E-state index in [1.54, 1.807) is 23.2 Å². The van der Waals surface area contributed by atoms with Gasteiger partial charge in [0.15, 0.2) is 0 Å². The van der Waals surface area contributed by atoms with Crippen LogP contribution in [0.4, 0.5) is 5.69 Å². The fourth-order valence-electron chi connectivity index (χ4n) is 2.64. The Morgan fingerprint density at radius 2 is 2.23 bits per heavy atom. The predicted octanol–water partition coefficient (Wildman–Crippen LogP) is 1.92. The third-order valence-electron chi connectivity index (χ3n) is 3.82. The van der Waals surface area contributed by atoms with Crippen LogP contribution in [0.1, 0.15) is 26.7 Å². The lowest BCUT2D eigenvalue weighted by molar-refractivity contribution is -0.137. The molecule has 120 valence electrons. The summed E-state index contributed by atoms with van der Waals surface area (Å²) in [7, 11) is 1.52. The number of aromatic nitrogens is 1. The van der Waals surface area contributed by atoms with Gasteiger partial charge < -0.3 is 15.0 Å². The third-order valence-corrected chi connectivity index (χ3v) is 3.82. The Morgan fingerprint density at radius 1 is 1.45 bits per heavy atom. The Balaban J connectivity index is 2.01. The first-order chi connectivity index (χ1) is 10.5. The van der Waals surface area contributed by atoms with Gasteiger partial charge in [0.1, 0.15) is 5.69 Å². The van der Waals surface area contributed by atoms with Crippen LogP contribution in [0.3, 0.4) is 0 Å². The summed E-state index contributed by atoms with van der Waals surface area (Å²) in [6.45, 7) is 4.97. The number of carbonyl (C=O) groups excluding carboxylic acids is 2. The molecule has 2 amide bonds. The molecule has 6 heteroatoms. The summed E-state index contributed by atoms with van der Waals surface area (Å²) in [5.41, 5.74) is 0.558. The van der Waals surface area contributed by atoms with E-state index in [1.807, 2.05) is 13.8 Å². The van der Waals surface area contributed by atoms with Crippen molar-refractivity contribution in [3.05, 3.63) is 18.3 Å². The van der Waals surface area contributed by atoms with Crippen molar-refractivity contribution in [1.29, 1.82) is 0 Å². The molecular weight excluding hydrogens is 282 g/mol. The number of anilines is 1. The molecule has 2 rings (SSSR count). The van der Waals surface area contributed by atoms with Gasteiger partial charge >= 0.3 is 0 Å². The monoisotopic (exact) mass is 305 g/mol. The second-order valence-corrected chi connectivity index (χ2v) is 5.83. The number of hydrogen-bond donors (Lipinski definition) is 1. The molecular formula is C16H23N3O3. The van der Waals surface area contributed by atoms with Crippen LogP contribution < -0.4 is 10.1 Å². The number of amides is 2. The van der Waals surface area contributed by atoms with Gasteiger partial charge in [0, 0.05) is 25.2 Å². The second kappa shape index (κ2) is 7.24. The molecule has 1 unspecified atom stereocenters. The highest BCUT2D eigenvalue weighted by molar-refractivity contribution is 5.94. The van der Waals surface area contributed by atoms with E-state index in [0.717, 1.165) is 19.4 Å². The van der Waals surface area contributed by atoms with Crippen molar-refractivity contribution in [1.82, 2.24) is 9.88 Å². The number of ether oxygens (including phenoxy) is 1. The van der Waals surface area contributed by atoms with Gasteiger partial charge in [-0.2, -0.15) is 0 Å². The number of hydrogen-bond acceptors (Lipinski definition) is 4. The fraction of sp³-hybridized carbons (Fsp3) is 0.562. The molecule has 0 spiro atoms. The average molecular weight is 305 g/mol. The predicted molar refractivity (Wildman–Crippen MR) is 83.6 cm³/mol. The van der Waals surface area contributed by atoms with Gasteiger partial charge in [0.25, 0.3) is 0 Å². The van der Waals surface area contributed by atoms with E-state index >= 15 is 0 Å². The Hall–Kier alpha value is -2.11. The molecule has 0 bridgehead atoms. The van der Waals surface area contributed by atoms with Crippen molar-refractivity contribution in [2.75, 3.05) is 25.5 Å². The summed E-state index contributed by atoms with van der Waals surface area (Å²) in [6.07, 6.45) is 3.25. The molecule has 1 aliphatic heterocycles. The van der Waals surface area contributed by atoms with Crippen LogP contribution in [-0.4, -0.2) is 41.9 Å². The molecule has 22 heavy (non-hydrogen) atoms. The van der Waals surface area contributed by atoms with Gasteiger partial charge in [-0.05, 0) is 25.0 Å². The smallest absolute Gasteiger partial charge is 0.237 e. The minimum absolute atomic E-state index is 0.0415. The number of rotatable bonds is 4. The Morgan fingerprint density at radius 3 is 2.91 bits per heavy atom. The van der Waals surface area contributed by atoms with Gasteiger partial charge in [-0.15, -0.1) is 0 Å². The van der Waals surface area contributed by atoms with Crippen molar-refractivity contribution in [3.63, 3.8) is 0 Å². The summed E-state index contributed by atoms with van der Waals surface area (Å²) in [5, 5.41) is 2.86. The fourth-order valence-corrected chi connectivity index (χ4v) is 2.64. The molecule has 0 radical (unpaired) electrons. The number of nitrogens with one attached hydrogen (secondary N) is 1. The summed E-state index contributed by atoms with van der Waals surface area (Å²) in [5.74, 6) is 0.173. The topological polar surface area (TPSA) is 71.5 Å². The molecule has 0 saturated carbocycles. The molecule has 2 heterocycles. The van der Waals surface area contributed by atoms with Crippen molar-refractivity contribution in [3.8, 4) is 5.88 Å². The van der Waals surface area contributed by atoms with E-state index in [9.17, 15) is 9.59 Å². The van der Waals surface area contributed by atoms with Crippen LogP contribution in [0.5, 0.6) is 5.88 Å². The zero-order valence-corrected chi connectivity index (χ0v) is 13.3. The third kappa shape index (κ3) is 3.75. The summed E-state index contributed by atoms with van der Waals surface area (Å²) >= 11 is 0. The quantitative estimate of drug-likeness (QED) is 0.922. The van der Waals surface area contributed by atoms with Crippen LogP contribution in [0.15, 0.2) is 18.3 Å². The van der Waals surface area contributed by atoms with Gasteiger partial charge in [-0.1, -0.05) is 13.8 Å². The highest BCUT2D eigenvalue weighted by Gasteiger charge is 2.29. The van der Waals surface area contributed by atoms with Crippen LogP contribution >= 0.6 is 0 Å². The number of carbonyl (C=O) groups is 2. The normalized spacial score (nSPS) is 18.2. The van der Waals surface area contributed by atoms with Crippen molar-refractivity contribution >= 4 is 17.5 Å². The summed E-state index contributed by atoms with van der Waals surface area (Å²) in [6, 6.07) is 3.50. The van der Waals surface area contributed by atoms with Crippen molar-refractivity contribution < 1.29 is 14.3 Å². The number of nitrogens with zero attached hydrogens (tertiary/aromatic N) is 2. The first-order valence-corrected chi connectivity index (χ1v) is 7.61. The van der Waals surface area contributed by atoms with Crippen LogP contribution in [0.25, 0.3) is 0 Å².